The first-order chi connectivity index (χ1) is 9.63. The number of ether oxygens (including phenoxy) is 2. The summed E-state index contributed by atoms with van der Waals surface area (Å²) in [6.45, 7) is 2.79. The molecule has 1 heterocycles. The maximum atomic E-state index is 5.82. The molecule has 4 nitrogen and oxygen atoms in total. The summed E-state index contributed by atoms with van der Waals surface area (Å²) in [6.07, 6.45) is 0. The Morgan fingerprint density at radius 1 is 1.30 bits per heavy atom. The maximum Gasteiger partial charge on any atom is 0.175 e. The van der Waals surface area contributed by atoms with Crippen molar-refractivity contribution in [3.8, 4) is 11.5 Å². The molecule has 0 spiro atoms. The first kappa shape index (κ1) is 14.8. The number of nitrogens with two attached hydrogens (primary N) is 1. The van der Waals surface area contributed by atoms with Crippen LogP contribution in [-0.2, 0) is 13.2 Å². The lowest BCUT2D eigenvalue weighted by Gasteiger charge is -2.14. The largest absolute Gasteiger partial charge is 0.493 e. The fourth-order valence-corrected chi connectivity index (χ4v) is 2.46. The Hall–Kier alpha value is -1.59. The summed E-state index contributed by atoms with van der Waals surface area (Å²) < 4.78 is 12.0. The summed E-state index contributed by atoms with van der Waals surface area (Å²) in [5, 5.41) is 0. The summed E-state index contributed by atoms with van der Waals surface area (Å²) in [6, 6.07) is 9.66. The van der Waals surface area contributed by atoms with Crippen LogP contribution in [0.5, 0.6) is 11.5 Å². The molecule has 2 rings (SSSR count). The molecular formula is C15H17BrN2O2. The van der Waals surface area contributed by atoms with Crippen molar-refractivity contribution in [1.82, 2.24) is 4.98 Å². The monoisotopic (exact) mass is 336 g/mol. The van der Waals surface area contributed by atoms with Gasteiger partial charge in [0, 0.05) is 12.2 Å². The van der Waals surface area contributed by atoms with Gasteiger partial charge < -0.3 is 15.2 Å². The predicted molar refractivity (Wildman–Crippen MR) is 81.9 cm³/mol. The number of methoxy groups -OCH3 is 1. The van der Waals surface area contributed by atoms with E-state index < -0.39 is 0 Å². The van der Waals surface area contributed by atoms with Gasteiger partial charge in [-0.25, -0.2) is 0 Å². The van der Waals surface area contributed by atoms with E-state index in [1.807, 2.05) is 37.3 Å². The van der Waals surface area contributed by atoms with Gasteiger partial charge in [-0.3, -0.25) is 4.98 Å². The topological polar surface area (TPSA) is 57.4 Å². The Morgan fingerprint density at radius 2 is 2.10 bits per heavy atom. The molecule has 106 valence electrons. The maximum absolute atomic E-state index is 5.82. The minimum Gasteiger partial charge on any atom is -0.493 e. The molecule has 5 heteroatoms. The number of aromatic nitrogens is 1. The summed E-state index contributed by atoms with van der Waals surface area (Å²) in [5.74, 6) is 1.32. The second-order valence-electron chi connectivity index (χ2n) is 4.37. The van der Waals surface area contributed by atoms with Crippen molar-refractivity contribution in [3.63, 3.8) is 0 Å². The van der Waals surface area contributed by atoms with Crippen LogP contribution in [0.1, 0.15) is 17.0 Å². The molecule has 0 aliphatic rings. The summed E-state index contributed by atoms with van der Waals surface area (Å²) in [5.41, 5.74) is 8.47. The Morgan fingerprint density at radius 3 is 2.75 bits per heavy atom. The lowest BCUT2D eigenvalue weighted by molar-refractivity contribution is 0.278. The predicted octanol–water partition coefficient (Wildman–Crippen LogP) is 3.20. The number of rotatable bonds is 5. The Kier molecular flexibility index (Phi) is 4.98. The van der Waals surface area contributed by atoms with Gasteiger partial charge >= 0.3 is 0 Å². The van der Waals surface area contributed by atoms with Crippen LogP contribution in [0.2, 0.25) is 0 Å². The number of benzene rings is 1. The molecule has 1 aromatic heterocycles. The third kappa shape index (κ3) is 3.49. The molecule has 2 aromatic rings. The van der Waals surface area contributed by atoms with E-state index in [1.54, 1.807) is 7.11 Å². The van der Waals surface area contributed by atoms with Crippen LogP contribution >= 0.6 is 15.9 Å². The molecule has 0 aliphatic carbocycles. The second-order valence-corrected chi connectivity index (χ2v) is 5.23. The molecule has 0 atom stereocenters. The van der Waals surface area contributed by atoms with Gasteiger partial charge in [-0.05, 0) is 52.7 Å². The lowest BCUT2D eigenvalue weighted by Crippen LogP contribution is -2.03. The van der Waals surface area contributed by atoms with Crippen molar-refractivity contribution in [1.29, 1.82) is 0 Å². The normalized spacial score (nSPS) is 10.4. The van der Waals surface area contributed by atoms with E-state index >= 15 is 0 Å². The Bertz CT molecular complexity index is 602. The van der Waals surface area contributed by atoms with Crippen molar-refractivity contribution >= 4 is 15.9 Å². The standard InChI is InChI=1S/C15H17BrN2O2/c1-10-4-3-5-12(18-10)9-20-15-13(16)6-11(8-17)7-14(15)19-2/h3-7H,8-9,17H2,1-2H3. The molecule has 0 bridgehead atoms. The number of pyridine rings is 1. The van der Waals surface area contributed by atoms with Crippen LogP contribution in [0.4, 0.5) is 0 Å². The fourth-order valence-electron chi connectivity index (χ4n) is 1.86. The van der Waals surface area contributed by atoms with Gasteiger partial charge in [-0.15, -0.1) is 0 Å². The van der Waals surface area contributed by atoms with E-state index in [1.165, 1.54) is 0 Å². The molecule has 0 saturated heterocycles. The van der Waals surface area contributed by atoms with E-state index in [2.05, 4.69) is 20.9 Å². The van der Waals surface area contributed by atoms with E-state index in [0.717, 1.165) is 21.4 Å². The van der Waals surface area contributed by atoms with E-state index in [9.17, 15) is 0 Å². The number of halogens is 1. The van der Waals surface area contributed by atoms with Crippen LogP contribution in [0.15, 0.2) is 34.8 Å². The highest BCUT2D eigenvalue weighted by Gasteiger charge is 2.11. The smallest absolute Gasteiger partial charge is 0.175 e. The second kappa shape index (κ2) is 6.72. The third-order valence-corrected chi connectivity index (χ3v) is 3.42. The Balaban J connectivity index is 2.20. The van der Waals surface area contributed by atoms with Crippen LogP contribution in [0, 0.1) is 6.92 Å². The molecule has 0 aliphatic heterocycles. The molecule has 0 amide bonds. The fraction of sp³-hybridized carbons (Fsp3) is 0.267. The van der Waals surface area contributed by atoms with Crippen molar-refractivity contribution in [2.75, 3.05) is 7.11 Å². The van der Waals surface area contributed by atoms with Crippen LogP contribution in [0.25, 0.3) is 0 Å². The quantitative estimate of drug-likeness (QED) is 0.910. The summed E-state index contributed by atoms with van der Waals surface area (Å²) in [4.78, 5) is 4.41. The number of nitrogens with zero attached hydrogens (tertiary/aromatic N) is 1. The van der Waals surface area contributed by atoms with E-state index in [4.69, 9.17) is 15.2 Å². The van der Waals surface area contributed by atoms with Crippen molar-refractivity contribution < 1.29 is 9.47 Å². The zero-order valence-corrected chi connectivity index (χ0v) is 13.1. The molecule has 0 radical (unpaired) electrons. The third-order valence-electron chi connectivity index (χ3n) is 2.84. The lowest BCUT2D eigenvalue weighted by atomic mass is 10.2. The van der Waals surface area contributed by atoms with Crippen molar-refractivity contribution in [3.05, 3.63) is 51.8 Å². The highest BCUT2D eigenvalue weighted by Crippen LogP contribution is 2.37. The molecular weight excluding hydrogens is 320 g/mol. The van der Waals surface area contributed by atoms with Gasteiger partial charge in [0.2, 0.25) is 0 Å². The minimum absolute atomic E-state index is 0.388. The number of hydrogen-bond donors (Lipinski definition) is 1. The van der Waals surface area contributed by atoms with Crippen LogP contribution in [-0.4, -0.2) is 12.1 Å². The van der Waals surface area contributed by atoms with Gasteiger partial charge in [-0.1, -0.05) is 6.07 Å². The molecule has 0 fully saturated rings. The van der Waals surface area contributed by atoms with Gasteiger partial charge in [-0.2, -0.15) is 0 Å². The first-order valence-electron chi connectivity index (χ1n) is 6.26. The van der Waals surface area contributed by atoms with Gasteiger partial charge in [0.15, 0.2) is 11.5 Å². The van der Waals surface area contributed by atoms with Gasteiger partial charge in [0.05, 0.1) is 17.3 Å². The zero-order valence-electron chi connectivity index (χ0n) is 11.5. The minimum atomic E-state index is 0.388. The average molecular weight is 337 g/mol. The molecule has 0 unspecified atom stereocenters. The molecule has 2 N–H and O–H groups in total. The van der Waals surface area contributed by atoms with E-state index in [-0.39, 0.29) is 0 Å². The molecule has 0 saturated carbocycles. The van der Waals surface area contributed by atoms with Crippen molar-refractivity contribution in [2.45, 2.75) is 20.1 Å². The van der Waals surface area contributed by atoms with Crippen molar-refractivity contribution in [2.24, 2.45) is 5.73 Å². The van der Waals surface area contributed by atoms with Crippen LogP contribution < -0.4 is 15.2 Å². The molecule has 1 aromatic carbocycles. The van der Waals surface area contributed by atoms with Gasteiger partial charge in [0.25, 0.3) is 0 Å². The summed E-state index contributed by atoms with van der Waals surface area (Å²) >= 11 is 3.49. The van der Waals surface area contributed by atoms with E-state index in [0.29, 0.717) is 24.7 Å². The highest BCUT2D eigenvalue weighted by atomic mass is 79.9. The highest BCUT2D eigenvalue weighted by molar-refractivity contribution is 9.10. The van der Waals surface area contributed by atoms with Crippen LogP contribution in [0.3, 0.4) is 0 Å². The number of aryl methyl sites for hydroxylation is 1. The Labute approximate surface area is 127 Å². The van der Waals surface area contributed by atoms with Gasteiger partial charge in [0.1, 0.15) is 6.61 Å². The molecule has 20 heavy (non-hydrogen) atoms. The zero-order chi connectivity index (χ0) is 14.5. The number of hydrogen-bond acceptors (Lipinski definition) is 4. The first-order valence-corrected chi connectivity index (χ1v) is 7.05. The summed E-state index contributed by atoms with van der Waals surface area (Å²) in [7, 11) is 1.61. The average Bonchev–Trinajstić information content (AvgIpc) is 2.45. The SMILES string of the molecule is COc1cc(CN)cc(Br)c1OCc1cccc(C)n1.